The van der Waals surface area contributed by atoms with Gasteiger partial charge < -0.3 is 4.18 Å². The number of hydrogen-bond donors (Lipinski definition) is 0. The summed E-state index contributed by atoms with van der Waals surface area (Å²) in [6, 6.07) is 10.5. The summed E-state index contributed by atoms with van der Waals surface area (Å²) in [6.07, 6.45) is 8.98. The molecule has 92 valence electrons. The van der Waals surface area contributed by atoms with Gasteiger partial charge in [-0.25, -0.2) is 0 Å². The molecule has 2 heteroatoms. The SMILES string of the molecule is C(COSCc1ccccc1)=C1CCCCC1. The second-order valence-corrected chi connectivity index (χ2v) is 5.22. The van der Waals surface area contributed by atoms with Crippen molar-refractivity contribution in [2.75, 3.05) is 6.61 Å². The lowest BCUT2D eigenvalue weighted by Gasteiger charge is -2.13. The minimum Gasteiger partial charge on any atom is -0.311 e. The van der Waals surface area contributed by atoms with Crippen molar-refractivity contribution in [2.45, 2.75) is 37.9 Å². The second kappa shape index (κ2) is 7.57. The molecule has 0 N–H and O–H groups in total. The molecular weight excluding hydrogens is 228 g/mol. The predicted octanol–water partition coefficient (Wildman–Crippen LogP) is 4.74. The van der Waals surface area contributed by atoms with Crippen molar-refractivity contribution in [1.82, 2.24) is 0 Å². The fraction of sp³-hybridized carbons (Fsp3) is 0.467. The first kappa shape index (κ1) is 12.7. The van der Waals surface area contributed by atoms with Crippen molar-refractivity contribution in [3.8, 4) is 0 Å². The van der Waals surface area contributed by atoms with Crippen LogP contribution in [-0.4, -0.2) is 6.61 Å². The van der Waals surface area contributed by atoms with E-state index in [1.54, 1.807) is 17.6 Å². The van der Waals surface area contributed by atoms with Gasteiger partial charge in [0.05, 0.1) is 6.61 Å². The van der Waals surface area contributed by atoms with Crippen molar-refractivity contribution < 1.29 is 4.18 Å². The van der Waals surface area contributed by atoms with E-state index in [0.29, 0.717) is 0 Å². The minimum atomic E-state index is 0.757. The first-order valence-electron chi connectivity index (χ1n) is 6.41. The Morgan fingerprint density at radius 3 is 2.59 bits per heavy atom. The third-order valence-electron chi connectivity index (χ3n) is 3.09. The van der Waals surface area contributed by atoms with E-state index in [-0.39, 0.29) is 0 Å². The van der Waals surface area contributed by atoms with Crippen LogP contribution < -0.4 is 0 Å². The molecule has 1 saturated carbocycles. The fourth-order valence-corrected chi connectivity index (χ4v) is 2.67. The van der Waals surface area contributed by atoms with Crippen molar-refractivity contribution in [3.05, 3.63) is 47.5 Å². The van der Waals surface area contributed by atoms with Gasteiger partial charge in [0.1, 0.15) is 0 Å². The van der Waals surface area contributed by atoms with Crippen molar-refractivity contribution >= 4 is 12.0 Å². The zero-order valence-electron chi connectivity index (χ0n) is 10.2. The van der Waals surface area contributed by atoms with E-state index < -0.39 is 0 Å². The maximum Gasteiger partial charge on any atom is 0.0798 e. The molecule has 0 aromatic heterocycles. The summed E-state index contributed by atoms with van der Waals surface area (Å²) in [4.78, 5) is 0. The Morgan fingerprint density at radius 2 is 1.82 bits per heavy atom. The summed E-state index contributed by atoms with van der Waals surface area (Å²) in [5, 5.41) is 0. The van der Waals surface area contributed by atoms with Crippen molar-refractivity contribution in [1.29, 1.82) is 0 Å². The lowest BCUT2D eigenvalue weighted by Crippen LogP contribution is -1.95. The van der Waals surface area contributed by atoms with E-state index in [0.717, 1.165) is 12.4 Å². The van der Waals surface area contributed by atoms with Gasteiger partial charge in [0.2, 0.25) is 0 Å². The molecular formula is C15H20OS. The van der Waals surface area contributed by atoms with Crippen LogP contribution in [0.5, 0.6) is 0 Å². The summed E-state index contributed by atoms with van der Waals surface area (Å²) in [7, 11) is 0. The van der Waals surface area contributed by atoms with Crippen LogP contribution in [0.15, 0.2) is 42.0 Å². The summed E-state index contributed by atoms with van der Waals surface area (Å²) < 4.78 is 5.58. The molecule has 0 spiro atoms. The summed E-state index contributed by atoms with van der Waals surface area (Å²) >= 11 is 1.55. The molecule has 0 atom stereocenters. The molecule has 1 fully saturated rings. The van der Waals surface area contributed by atoms with Gasteiger partial charge in [0.25, 0.3) is 0 Å². The van der Waals surface area contributed by atoms with E-state index in [2.05, 4.69) is 30.3 Å². The van der Waals surface area contributed by atoms with Crippen LogP contribution in [0.1, 0.15) is 37.7 Å². The maximum absolute atomic E-state index is 5.58. The molecule has 0 bridgehead atoms. The van der Waals surface area contributed by atoms with E-state index >= 15 is 0 Å². The Morgan fingerprint density at radius 1 is 1.06 bits per heavy atom. The molecule has 0 radical (unpaired) electrons. The third kappa shape index (κ3) is 4.97. The average molecular weight is 248 g/mol. The van der Waals surface area contributed by atoms with Crippen LogP contribution >= 0.6 is 12.0 Å². The Labute approximate surface area is 108 Å². The van der Waals surface area contributed by atoms with Crippen LogP contribution in [-0.2, 0) is 9.94 Å². The van der Waals surface area contributed by atoms with Crippen LogP contribution in [0.3, 0.4) is 0 Å². The number of allylic oxidation sites excluding steroid dienone is 1. The molecule has 1 aromatic rings. The van der Waals surface area contributed by atoms with Gasteiger partial charge in [-0.3, -0.25) is 0 Å². The number of rotatable bonds is 5. The van der Waals surface area contributed by atoms with Gasteiger partial charge in [0.15, 0.2) is 0 Å². The lowest BCUT2D eigenvalue weighted by molar-refractivity contribution is 0.424. The Hall–Kier alpha value is -0.730. The molecule has 0 unspecified atom stereocenters. The van der Waals surface area contributed by atoms with Crippen molar-refractivity contribution in [3.63, 3.8) is 0 Å². The number of hydrogen-bond acceptors (Lipinski definition) is 2. The third-order valence-corrected chi connectivity index (χ3v) is 3.84. The van der Waals surface area contributed by atoms with E-state index in [1.807, 2.05) is 6.07 Å². The predicted molar refractivity (Wildman–Crippen MR) is 74.9 cm³/mol. The molecule has 0 aliphatic heterocycles. The van der Waals surface area contributed by atoms with E-state index in [9.17, 15) is 0 Å². The molecule has 0 saturated heterocycles. The molecule has 2 rings (SSSR count). The van der Waals surface area contributed by atoms with Crippen LogP contribution in [0, 0.1) is 0 Å². The zero-order valence-corrected chi connectivity index (χ0v) is 11.0. The zero-order chi connectivity index (χ0) is 11.8. The fourth-order valence-electron chi connectivity index (χ4n) is 2.09. The normalized spacial score (nSPS) is 15.9. The average Bonchev–Trinajstić information content (AvgIpc) is 2.41. The Bertz CT molecular complexity index is 337. The number of benzene rings is 1. The summed E-state index contributed by atoms with van der Waals surface area (Å²) in [5.74, 6) is 0.935. The standard InChI is InChI=1S/C15H20OS/c1-3-7-14(8-4-1)11-12-16-17-13-15-9-5-2-6-10-15/h2,5-6,9-11H,1,3-4,7-8,12-13H2. The first-order chi connectivity index (χ1) is 8.45. The van der Waals surface area contributed by atoms with Crippen molar-refractivity contribution in [2.24, 2.45) is 0 Å². The Kier molecular flexibility index (Phi) is 5.66. The van der Waals surface area contributed by atoms with Gasteiger partial charge in [-0.2, -0.15) is 0 Å². The van der Waals surface area contributed by atoms with Gasteiger partial charge in [-0.15, -0.1) is 0 Å². The highest BCUT2D eigenvalue weighted by Gasteiger charge is 2.04. The highest BCUT2D eigenvalue weighted by atomic mass is 32.2. The molecule has 1 aliphatic rings. The summed E-state index contributed by atoms with van der Waals surface area (Å²) in [6.45, 7) is 0.757. The monoisotopic (exact) mass is 248 g/mol. The van der Waals surface area contributed by atoms with E-state index in [1.165, 1.54) is 37.7 Å². The highest BCUT2D eigenvalue weighted by molar-refractivity contribution is 7.93. The van der Waals surface area contributed by atoms with Crippen LogP contribution in [0.2, 0.25) is 0 Å². The maximum atomic E-state index is 5.58. The largest absolute Gasteiger partial charge is 0.311 e. The molecule has 1 aliphatic carbocycles. The first-order valence-corrected chi connectivity index (χ1v) is 7.32. The highest BCUT2D eigenvalue weighted by Crippen LogP contribution is 2.22. The lowest BCUT2D eigenvalue weighted by atomic mass is 9.95. The summed E-state index contributed by atoms with van der Waals surface area (Å²) in [5.41, 5.74) is 2.92. The van der Waals surface area contributed by atoms with Gasteiger partial charge >= 0.3 is 0 Å². The quantitative estimate of drug-likeness (QED) is 0.423. The smallest absolute Gasteiger partial charge is 0.0798 e. The van der Waals surface area contributed by atoms with Gasteiger partial charge in [0, 0.05) is 5.75 Å². The molecule has 17 heavy (non-hydrogen) atoms. The van der Waals surface area contributed by atoms with Gasteiger partial charge in [-0.05, 0) is 43.3 Å². The Balaban J connectivity index is 1.60. The topological polar surface area (TPSA) is 9.23 Å². The molecule has 1 aromatic carbocycles. The van der Waals surface area contributed by atoms with E-state index in [4.69, 9.17) is 4.18 Å². The molecule has 0 heterocycles. The van der Waals surface area contributed by atoms with Crippen LogP contribution in [0.4, 0.5) is 0 Å². The molecule has 0 amide bonds. The molecule has 1 nitrogen and oxygen atoms in total. The van der Waals surface area contributed by atoms with Crippen LogP contribution in [0.25, 0.3) is 0 Å². The minimum absolute atomic E-state index is 0.757. The van der Waals surface area contributed by atoms with Gasteiger partial charge in [-0.1, -0.05) is 48.4 Å². The second-order valence-electron chi connectivity index (χ2n) is 4.46.